The molecule has 0 aromatic heterocycles. The van der Waals surface area contributed by atoms with Gasteiger partial charge in [-0.05, 0) is 74.5 Å². The van der Waals surface area contributed by atoms with Crippen molar-refractivity contribution in [3.63, 3.8) is 0 Å². The highest BCUT2D eigenvalue weighted by Crippen LogP contribution is 2.59. The molecule has 4 saturated carbocycles. The minimum Gasteiger partial charge on any atom is -0.378 e. The van der Waals surface area contributed by atoms with E-state index < -0.39 is 6.04 Å². The first kappa shape index (κ1) is 20.9. The number of morpholine rings is 1. The van der Waals surface area contributed by atoms with Crippen molar-refractivity contribution in [2.24, 2.45) is 28.9 Å². The third-order valence-electron chi connectivity index (χ3n) is 8.41. The van der Waals surface area contributed by atoms with Crippen LogP contribution in [-0.4, -0.2) is 48.6 Å². The first-order valence-electron chi connectivity index (χ1n) is 11.6. The van der Waals surface area contributed by atoms with E-state index in [1.807, 2.05) is 13.0 Å². The maximum Gasteiger partial charge on any atom is 0.240 e. The Hall–Kier alpha value is -1.99. The van der Waals surface area contributed by atoms with Crippen LogP contribution in [-0.2, 0) is 14.3 Å². The Labute approximate surface area is 182 Å². The smallest absolute Gasteiger partial charge is 0.240 e. The van der Waals surface area contributed by atoms with Gasteiger partial charge in [0.15, 0.2) is 0 Å². The van der Waals surface area contributed by atoms with E-state index in [4.69, 9.17) is 10.5 Å². The Morgan fingerprint density at radius 3 is 2.68 bits per heavy atom. The second-order valence-electron chi connectivity index (χ2n) is 10.2. The van der Waals surface area contributed by atoms with E-state index in [0.717, 1.165) is 37.7 Å². The molecule has 0 spiro atoms. The van der Waals surface area contributed by atoms with Crippen LogP contribution in [0.1, 0.15) is 50.6 Å². The van der Waals surface area contributed by atoms with E-state index in [1.165, 1.54) is 12.1 Å². The van der Waals surface area contributed by atoms with E-state index in [0.29, 0.717) is 37.5 Å². The quantitative estimate of drug-likeness (QED) is 0.753. The van der Waals surface area contributed by atoms with E-state index in [9.17, 15) is 14.0 Å². The average Bonchev–Trinajstić information content (AvgIpc) is 2.75. The number of nitrogens with one attached hydrogen (secondary N) is 1. The molecule has 1 saturated heterocycles. The third-order valence-corrected chi connectivity index (χ3v) is 8.41. The number of carbonyl (C=O) groups excluding carboxylic acids is 2. The molecular weight excluding hydrogens is 397 g/mol. The Morgan fingerprint density at radius 1 is 1.26 bits per heavy atom. The Bertz CT molecular complexity index is 861. The highest BCUT2D eigenvalue weighted by molar-refractivity contribution is 5.83. The number of amides is 2. The summed E-state index contributed by atoms with van der Waals surface area (Å²) in [6.07, 6.45) is 4.66. The molecule has 2 amide bonds. The van der Waals surface area contributed by atoms with Crippen LogP contribution in [0.2, 0.25) is 0 Å². The number of hydrogen-bond acceptors (Lipinski definition) is 4. The van der Waals surface area contributed by atoms with E-state index in [2.05, 4.69) is 10.2 Å². The van der Waals surface area contributed by atoms with Gasteiger partial charge in [0.25, 0.3) is 0 Å². The summed E-state index contributed by atoms with van der Waals surface area (Å²) in [6.45, 7) is 3.53. The first-order chi connectivity index (χ1) is 14.9. The normalized spacial score (nSPS) is 38.1. The van der Waals surface area contributed by atoms with Crippen molar-refractivity contribution in [3.05, 3.63) is 35.6 Å². The van der Waals surface area contributed by atoms with Crippen LogP contribution in [0.3, 0.4) is 0 Å². The van der Waals surface area contributed by atoms with Crippen molar-refractivity contribution < 1.29 is 18.7 Å². The van der Waals surface area contributed by atoms with Crippen LogP contribution in [0.25, 0.3) is 0 Å². The summed E-state index contributed by atoms with van der Waals surface area (Å²) >= 11 is 0. The fourth-order valence-corrected chi connectivity index (χ4v) is 7.09. The highest BCUT2D eigenvalue weighted by atomic mass is 19.1. The monoisotopic (exact) mass is 429 g/mol. The topological polar surface area (TPSA) is 84.7 Å². The van der Waals surface area contributed by atoms with Gasteiger partial charge in [-0.3, -0.25) is 14.5 Å². The van der Waals surface area contributed by atoms with Crippen LogP contribution in [0, 0.1) is 29.0 Å². The predicted octanol–water partition coefficient (Wildman–Crippen LogP) is 2.38. The Kier molecular flexibility index (Phi) is 5.29. The maximum absolute atomic E-state index is 13.8. The summed E-state index contributed by atoms with van der Waals surface area (Å²) in [5, 5.41) is 3.35. The maximum atomic E-state index is 13.8. The summed E-state index contributed by atoms with van der Waals surface area (Å²) < 4.78 is 19.4. The van der Waals surface area contributed by atoms with Gasteiger partial charge in [0.05, 0.1) is 13.2 Å². The summed E-state index contributed by atoms with van der Waals surface area (Å²) in [7, 11) is 0. The summed E-state index contributed by atoms with van der Waals surface area (Å²) in [5.74, 6) is 0.750. The van der Waals surface area contributed by atoms with Crippen LogP contribution >= 0.6 is 0 Å². The molecule has 5 aliphatic rings. The van der Waals surface area contributed by atoms with Crippen molar-refractivity contribution in [1.82, 2.24) is 10.2 Å². The molecule has 3 N–H and O–H groups in total. The number of primary amides is 1. The van der Waals surface area contributed by atoms with Gasteiger partial charge in [-0.2, -0.15) is 0 Å². The largest absolute Gasteiger partial charge is 0.378 e. The molecule has 4 bridgehead atoms. The molecular formula is C24H32FN3O3. The van der Waals surface area contributed by atoms with E-state index in [1.54, 1.807) is 6.07 Å². The Balaban J connectivity index is 1.31. The molecule has 4 aliphatic carbocycles. The third kappa shape index (κ3) is 3.65. The van der Waals surface area contributed by atoms with Crippen molar-refractivity contribution in [2.45, 2.75) is 57.2 Å². The number of halogens is 1. The summed E-state index contributed by atoms with van der Waals surface area (Å²) in [5.41, 5.74) is 6.30. The summed E-state index contributed by atoms with van der Waals surface area (Å²) in [6, 6.07) is 6.19. The number of hydrogen-bond donors (Lipinski definition) is 2. The van der Waals surface area contributed by atoms with Gasteiger partial charge in [-0.25, -0.2) is 4.39 Å². The molecule has 7 heteroatoms. The number of nitrogens with zero attached hydrogens (tertiary/aromatic N) is 1. The predicted molar refractivity (Wildman–Crippen MR) is 113 cm³/mol. The number of nitrogens with two attached hydrogens (primary N) is 1. The molecule has 1 aliphatic heterocycles. The lowest BCUT2D eigenvalue weighted by Crippen LogP contribution is -2.64. The highest BCUT2D eigenvalue weighted by Gasteiger charge is 2.58. The standard InChI is InChI=1S/C24H32FN3O3/c1-14(16-3-2-4-19(25)9-16)28-5-6-31-13-20(28)22(29)27-21-17-7-15-8-18(21)12-24(10-15,11-17)23(26)30/h2-4,9,14-15,17-18,20-21H,5-8,10-13H2,1H3,(H2,26,30)(H,27,29). The minimum absolute atomic E-state index is 0.0199. The summed E-state index contributed by atoms with van der Waals surface area (Å²) in [4.78, 5) is 27.7. The zero-order valence-corrected chi connectivity index (χ0v) is 18.1. The van der Waals surface area contributed by atoms with Crippen molar-refractivity contribution in [1.29, 1.82) is 0 Å². The molecule has 168 valence electrons. The van der Waals surface area contributed by atoms with Gasteiger partial charge in [-0.1, -0.05) is 12.1 Å². The van der Waals surface area contributed by atoms with Crippen molar-refractivity contribution in [2.75, 3.05) is 19.8 Å². The molecule has 4 unspecified atom stereocenters. The number of ether oxygens (including phenoxy) is 1. The van der Waals surface area contributed by atoms with Crippen LogP contribution < -0.4 is 11.1 Å². The zero-order valence-electron chi connectivity index (χ0n) is 18.1. The lowest BCUT2D eigenvalue weighted by atomic mass is 9.47. The number of carbonyl (C=O) groups is 2. The first-order valence-corrected chi connectivity index (χ1v) is 11.6. The van der Waals surface area contributed by atoms with Gasteiger partial charge in [-0.15, -0.1) is 0 Å². The lowest BCUT2D eigenvalue weighted by Gasteiger charge is -2.59. The molecule has 31 heavy (non-hydrogen) atoms. The van der Waals surface area contributed by atoms with Gasteiger partial charge in [0, 0.05) is 24.0 Å². The molecule has 0 radical (unpaired) electrons. The molecule has 1 aromatic rings. The zero-order chi connectivity index (χ0) is 21.8. The molecule has 6 rings (SSSR count). The minimum atomic E-state index is -0.408. The van der Waals surface area contributed by atoms with Crippen molar-refractivity contribution >= 4 is 11.8 Å². The molecule has 5 fully saturated rings. The second kappa shape index (κ2) is 7.85. The molecule has 1 heterocycles. The van der Waals surface area contributed by atoms with Crippen LogP contribution in [0.4, 0.5) is 4.39 Å². The van der Waals surface area contributed by atoms with Gasteiger partial charge in [0.1, 0.15) is 11.9 Å². The van der Waals surface area contributed by atoms with Crippen molar-refractivity contribution in [3.8, 4) is 0 Å². The van der Waals surface area contributed by atoms with E-state index >= 15 is 0 Å². The number of benzene rings is 1. The molecule has 6 nitrogen and oxygen atoms in total. The van der Waals surface area contributed by atoms with Gasteiger partial charge in [0.2, 0.25) is 11.8 Å². The fraction of sp³-hybridized carbons (Fsp3) is 0.667. The second-order valence-corrected chi connectivity index (χ2v) is 10.2. The number of rotatable bonds is 5. The van der Waals surface area contributed by atoms with E-state index in [-0.39, 0.29) is 35.1 Å². The SMILES string of the molecule is CC(c1cccc(F)c1)N1CCOCC1C(=O)NC1C2CC3CC1CC(C(N)=O)(C3)C2. The average molecular weight is 430 g/mol. The molecule has 4 atom stereocenters. The van der Waals surface area contributed by atoms with Crippen LogP contribution in [0.5, 0.6) is 0 Å². The fourth-order valence-electron chi connectivity index (χ4n) is 7.09. The molecule has 1 aromatic carbocycles. The lowest BCUT2D eigenvalue weighted by molar-refractivity contribution is -0.149. The Morgan fingerprint density at radius 2 is 2.00 bits per heavy atom. The van der Waals surface area contributed by atoms with Gasteiger partial charge < -0.3 is 15.8 Å². The van der Waals surface area contributed by atoms with Crippen LogP contribution in [0.15, 0.2) is 24.3 Å². The van der Waals surface area contributed by atoms with Gasteiger partial charge >= 0.3 is 0 Å².